The molecule has 1 aliphatic carbocycles. The van der Waals surface area contributed by atoms with E-state index in [0.29, 0.717) is 6.04 Å². The molecule has 1 aliphatic heterocycles. The monoisotopic (exact) mass is 219 g/mol. The SMILES string of the molecule is Fc1ccc(C2NCC3CCCCC32)cc1. The van der Waals surface area contributed by atoms with Gasteiger partial charge in [0.1, 0.15) is 5.82 Å². The van der Waals surface area contributed by atoms with E-state index in [2.05, 4.69) is 5.32 Å². The summed E-state index contributed by atoms with van der Waals surface area (Å²) in [6.07, 6.45) is 5.45. The van der Waals surface area contributed by atoms with Crippen LogP contribution in [0, 0.1) is 17.7 Å². The Kier molecular flexibility index (Phi) is 2.68. The second-order valence-corrected chi connectivity index (χ2v) is 5.15. The number of hydrogen-bond acceptors (Lipinski definition) is 1. The van der Waals surface area contributed by atoms with Gasteiger partial charge in [-0.25, -0.2) is 4.39 Å². The minimum atomic E-state index is -0.137. The predicted molar refractivity (Wildman–Crippen MR) is 62.6 cm³/mol. The molecule has 1 aromatic rings. The molecule has 1 heterocycles. The van der Waals surface area contributed by atoms with E-state index in [-0.39, 0.29) is 5.82 Å². The normalized spacial score (nSPS) is 33.7. The molecule has 3 atom stereocenters. The molecule has 0 spiro atoms. The van der Waals surface area contributed by atoms with Gasteiger partial charge in [0.25, 0.3) is 0 Å². The van der Waals surface area contributed by atoms with E-state index < -0.39 is 0 Å². The highest BCUT2D eigenvalue weighted by Crippen LogP contribution is 2.42. The zero-order valence-corrected chi connectivity index (χ0v) is 9.45. The van der Waals surface area contributed by atoms with E-state index in [0.717, 1.165) is 18.4 Å². The predicted octanol–water partition coefficient (Wildman–Crippen LogP) is 3.28. The topological polar surface area (TPSA) is 12.0 Å². The molecule has 3 unspecified atom stereocenters. The highest BCUT2D eigenvalue weighted by Gasteiger charge is 2.37. The van der Waals surface area contributed by atoms with Crippen LogP contribution in [0.1, 0.15) is 37.3 Å². The van der Waals surface area contributed by atoms with Crippen LogP contribution in [0.2, 0.25) is 0 Å². The largest absolute Gasteiger partial charge is 0.309 e. The number of halogens is 1. The Morgan fingerprint density at radius 1 is 1.06 bits per heavy atom. The summed E-state index contributed by atoms with van der Waals surface area (Å²) >= 11 is 0. The van der Waals surface area contributed by atoms with Crippen molar-refractivity contribution in [2.45, 2.75) is 31.7 Å². The molecule has 86 valence electrons. The fourth-order valence-electron chi connectivity index (χ4n) is 3.39. The first-order chi connectivity index (χ1) is 7.84. The average Bonchev–Trinajstić information content (AvgIpc) is 2.74. The Bertz CT molecular complexity index is 360. The summed E-state index contributed by atoms with van der Waals surface area (Å²) in [6, 6.07) is 7.49. The first-order valence-corrected chi connectivity index (χ1v) is 6.33. The zero-order valence-electron chi connectivity index (χ0n) is 9.45. The van der Waals surface area contributed by atoms with E-state index >= 15 is 0 Å². The molecule has 0 radical (unpaired) electrons. The Morgan fingerprint density at radius 2 is 1.81 bits per heavy atom. The first kappa shape index (κ1) is 10.3. The fraction of sp³-hybridized carbons (Fsp3) is 0.571. The van der Waals surface area contributed by atoms with Crippen LogP contribution in [-0.2, 0) is 0 Å². The average molecular weight is 219 g/mol. The highest BCUT2D eigenvalue weighted by molar-refractivity contribution is 5.22. The second-order valence-electron chi connectivity index (χ2n) is 5.15. The van der Waals surface area contributed by atoms with Crippen molar-refractivity contribution in [3.05, 3.63) is 35.6 Å². The van der Waals surface area contributed by atoms with E-state index in [1.165, 1.54) is 31.2 Å². The van der Waals surface area contributed by atoms with Gasteiger partial charge in [-0.15, -0.1) is 0 Å². The molecule has 0 bridgehead atoms. The molecule has 2 aliphatic rings. The molecule has 1 saturated carbocycles. The molecule has 2 heteroatoms. The van der Waals surface area contributed by atoms with Crippen molar-refractivity contribution in [2.75, 3.05) is 6.54 Å². The molecule has 16 heavy (non-hydrogen) atoms. The molecule has 0 aromatic heterocycles. The van der Waals surface area contributed by atoms with Crippen molar-refractivity contribution < 1.29 is 4.39 Å². The highest BCUT2D eigenvalue weighted by atomic mass is 19.1. The van der Waals surface area contributed by atoms with Crippen molar-refractivity contribution in [1.29, 1.82) is 0 Å². The molecule has 0 amide bonds. The Morgan fingerprint density at radius 3 is 2.62 bits per heavy atom. The quantitative estimate of drug-likeness (QED) is 0.764. The number of nitrogens with one attached hydrogen (secondary N) is 1. The lowest BCUT2D eigenvalue weighted by atomic mass is 9.77. The van der Waals surface area contributed by atoms with Crippen LogP contribution >= 0.6 is 0 Å². The first-order valence-electron chi connectivity index (χ1n) is 6.33. The van der Waals surface area contributed by atoms with Crippen LogP contribution in [0.4, 0.5) is 4.39 Å². The molecule has 3 rings (SSSR count). The van der Waals surface area contributed by atoms with Gasteiger partial charge >= 0.3 is 0 Å². The Hall–Kier alpha value is -0.890. The molecule has 1 N–H and O–H groups in total. The van der Waals surface area contributed by atoms with Crippen LogP contribution in [0.15, 0.2) is 24.3 Å². The summed E-state index contributed by atoms with van der Waals surface area (Å²) in [5.74, 6) is 1.49. The van der Waals surface area contributed by atoms with Crippen molar-refractivity contribution in [2.24, 2.45) is 11.8 Å². The number of hydrogen-bond donors (Lipinski definition) is 1. The smallest absolute Gasteiger partial charge is 0.123 e. The van der Waals surface area contributed by atoms with Crippen LogP contribution in [0.25, 0.3) is 0 Å². The summed E-state index contributed by atoms with van der Waals surface area (Å²) in [6.45, 7) is 1.15. The molecule has 1 saturated heterocycles. The maximum Gasteiger partial charge on any atom is 0.123 e. The van der Waals surface area contributed by atoms with Gasteiger partial charge in [0.2, 0.25) is 0 Å². The van der Waals surface area contributed by atoms with Crippen molar-refractivity contribution in [3.63, 3.8) is 0 Å². The number of fused-ring (bicyclic) bond motifs is 1. The lowest BCUT2D eigenvalue weighted by Gasteiger charge is -2.28. The molecule has 1 aromatic carbocycles. The minimum Gasteiger partial charge on any atom is -0.309 e. The standard InChI is InChI=1S/C14H18FN/c15-12-7-5-10(6-8-12)14-13-4-2-1-3-11(13)9-16-14/h5-8,11,13-14,16H,1-4,9H2. The maximum absolute atomic E-state index is 12.9. The van der Waals surface area contributed by atoms with Gasteiger partial charge in [-0.3, -0.25) is 0 Å². The molecule has 1 nitrogen and oxygen atoms in total. The van der Waals surface area contributed by atoms with Crippen LogP contribution in [0.3, 0.4) is 0 Å². The molecular weight excluding hydrogens is 201 g/mol. The third kappa shape index (κ3) is 1.75. The Labute approximate surface area is 96.1 Å². The zero-order chi connectivity index (χ0) is 11.0. The molecule has 2 fully saturated rings. The summed E-state index contributed by atoms with van der Waals surface area (Å²) in [4.78, 5) is 0. The second kappa shape index (κ2) is 4.17. The van der Waals surface area contributed by atoms with E-state index in [1.54, 1.807) is 12.1 Å². The summed E-state index contributed by atoms with van der Waals surface area (Å²) < 4.78 is 12.9. The van der Waals surface area contributed by atoms with Gasteiger partial charge < -0.3 is 5.32 Å². The fourth-order valence-corrected chi connectivity index (χ4v) is 3.39. The third-order valence-electron chi connectivity index (χ3n) is 4.23. The number of benzene rings is 1. The summed E-state index contributed by atoms with van der Waals surface area (Å²) in [5.41, 5.74) is 1.26. The van der Waals surface area contributed by atoms with E-state index in [4.69, 9.17) is 0 Å². The van der Waals surface area contributed by atoms with Crippen molar-refractivity contribution in [3.8, 4) is 0 Å². The lowest BCUT2D eigenvalue weighted by molar-refractivity contribution is 0.266. The summed E-state index contributed by atoms with van der Waals surface area (Å²) in [5, 5.41) is 3.61. The van der Waals surface area contributed by atoms with Crippen molar-refractivity contribution >= 4 is 0 Å². The van der Waals surface area contributed by atoms with Gasteiger partial charge in [-0.05, 0) is 48.9 Å². The molecular formula is C14H18FN. The van der Waals surface area contributed by atoms with E-state index in [1.807, 2.05) is 12.1 Å². The third-order valence-corrected chi connectivity index (χ3v) is 4.23. The lowest BCUT2D eigenvalue weighted by Crippen LogP contribution is -2.20. The van der Waals surface area contributed by atoms with Gasteiger partial charge in [0.05, 0.1) is 0 Å². The van der Waals surface area contributed by atoms with Gasteiger partial charge in [-0.2, -0.15) is 0 Å². The van der Waals surface area contributed by atoms with Gasteiger partial charge in [-0.1, -0.05) is 25.0 Å². The van der Waals surface area contributed by atoms with Crippen LogP contribution < -0.4 is 5.32 Å². The Balaban J connectivity index is 1.82. The summed E-state index contributed by atoms with van der Waals surface area (Å²) in [7, 11) is 0. The number of rotatable bonds is 1. The minimum absolute atomic E-state index is 0.137. The maximum atomic E-state index is 12.9. The van der Waals surface area contributed by atoms with Crippen LogP contribution in [-0.4, -0.2) is 6.54 Å². The van der Waals surface area contributed by atoms with Crippen LogP contribution in [0.5, 0.6) is 0 Å². The van der Waals surface area contributed by atoms with E-state index in [9.17, 15) is 4.39 Å². The van der Waals surface area contributed by atoms with Crippen molar-refractivity contribution in [1.82, 2.24) is 5.32 Å². The van der Waals surface area contributed by atoms with Gasteiger partial charge in [0, 0.05) is 6.04 Å². The van der Waals surface area contributed by atoms with Gasteiger partial charge in [0.15, 0.2) is 0 Å².